The summed E-state index contributed by atoms with van der Waals surface area (Å²) in [6, 6.07) is 4.84. The maximum atomic E-state index is 13.1. The second-order valence-electron chi connectivity index (χ2n) is 7.78. The molecule has 2 atom stereocenters. The molecular formula is C24H28N2O6S. The van der Waals surface area contributed by atoms with Crippen LogP contribution in [0.25, 0.3) is 0 Å². The third kappa shape index (κ3) is 5.98. The van der Waals surface area contributed by atoms with Gasteiger partial charge in [-0.1, -0.05) is 31.3 Å². The lowest BCUT2D eigenvalue weighted by Crippen LogP contribution is -2.37. The molecule has 0 bridgehead atoms. The molecule has 1 aliphatic carbocycles. The minimum Gasteiger partial charge on any atom is -0.493 e. The van der Waals surface area contributed by atoms with E-state index in [1.807, 2.05) is 24.1 Å². The summed E-state index contributed by atoms with van der Waals surface area (Å²) < 4.78 is 16.1. The van der Waals surface area contributed by atoms with E-state index in [1.165, 1.54) is 0 Å². The van der Waals surface area contributed by atoms with Gasteiger partial charge in [0.05, 0.1) is 42.1 Å². The van der Waals surface area contributed by atoms with Gasteiger partial charge in [-0.2, -0.15) is 0 Å². The summed E-state index contributed by atoms with van der Waals surface area (Å²) in [6.07, 6.45) is 6.16. The highest BCUT2D eigenvalue weighted by Gasteiger charge is 2.37. The minimum atomic E-state index is -0.561. The maximum Gasteiger partial charge on any atom is 0.344 e. The molecule has 0 amide bonds. The lowest BCUT2D eigenvalue weighted by atomic mass is 9.83. The van der Waals surface area contributed by atoms with Crippen LogP contribution in [0.2, 0.25) is 0 Å². The molecule has 0 spiro atoms. The summed E-state index contributed by atoms with van der Waals surface area (Å²) >= 11 is 4.99. The Bertz CT molecular complexity index is 1000. The van der Waals surface area contributed by atoms with Crippen molar-refractivity contribution in [3.8, 4) is 11.5 Å². The Balaban J connectivity index is 1.70. The Hall–Kier alpha value is -3.20. The Morgan fingerprint density at radius 3 is 2.73 bits per heavy atom. The fourth-order valence-corrected chi connectivity index (χ4v) is 3.93. The molecule has 3 rings (SSSR count). The van der Waals surface area contributed by atoms with Gasteiger partial charge in [0.1, 0.15) is 11.5 Å². The van der Waals surface area contributed by atoms with Gasteiger partial charge in [0.15, 0.2) is 18.2 Å². The summed E-state index contributed by atoms with van der Waals surface area (Å²) in [5.41, 5.74) is 6.93. The molecule has 1 aromatic rings. The van der Waals surface area contributed by atoms with Crippen molar-refractivity contribution in [3.05, 3.63) is 47.7 Å². The second kappa shape index (κ2) is 11.1. The summed E-state index contributed by atoms with van der Waals surface area (Å²) in [6.45, 7) is 4.64. The Labute approximate surface area is 198 Å². The van der Waals surface area contributed by atoms with Gasteiger partial charge in [-0.3, -0.25) is 9.59 Å². The average molecular weight is 473 g/mol. The predicted molar refractivity (Wildman–Crippen MR) is 126 cm³/mol. The molecule has 1 aromatic carbocycles. The molecule has 176 valence electrons. The molecule has 2 unspecified atom stereocenters. The molecule has 0 saturated carbocycles. The second-order valence-corrected chi connectivity index (χ2v) is 8.25. The topological polar surface area (TPSA) is 108 Å². The van der Waals surface area contributed by atoms with E-state index in [9.17, 15) is 14.4 Å². The van der Waals surface area contributed by atoms with Crippen molar-refractivity contribution in [2.75, 3.05) is 32.9 Å². The number of nitrogens with two attached hydrogens (primary N) is 1. The number of esters is 1. The zero-order valence-electron chi connectivity index (χ0n) is 18.7. The minimum absolute atomic E-state index is 0.0405. The average Bonchev–Trinajstić information content (AvgIpc) is 3.19. The zero-order valence-corrected chi connectivity index (χ0v) is 19.6. The highest BCUT2D eigenvalue weighted by atomic mass is 32.1. The SMILES string of the molecule is CCCOc1cc(OCC(=O)OCC)ccc1C(=O)CN1C=C2C=CC(C(N)=S)C(=O)C2C1. The molecular weight excluding hydrogens is 444 g/mol. The van der Waals surface area contributed by atoms with Gasteiger partial charge >= 0.3 is 5.97 Å². The number of ketones is 2. The van der Waals surface area contributed by atoms with E-state index < -0.39 is 11.9 Å². The molecule has 9 heteroatoms. The molecule has 2 aliphatic rings. The van der Waals surface area contributed by atoms with Crippen molar-refractivity contribution >= 4 is 34.7 Å². The smallest absolute Gasteiger partial charge is 0.344 e. The number of Topliss-reactive ketones (excluding diaryl/α,β-unsaturated/α-hetero) is 2. The number of nitrogens with zero attached hydrogens (tertiary/aromatic N) is 1. The lowest BCUT2D eigenvalue weighted by molar-refractivity contribution is -0.145. The number of ether oxygens (including phenoxy) is 3. The van der Waals surface area contributed by atoms with Gasteiger partial charge in [0, 0.05) is 18.8 Å². The molecule has 8 nitrogen and oxygen atoms in total. The fourth-order valence-electron chi connectivity index (χ4n) is 3.74. The summed E-state index contributed by atoms with van der Waals surface area (Å²) in [5.74, 6) is -0.787. The van der Waals surface area contributed by atoms with Crippen LogP contribution >= 0.6 is 12.2 Å². The van der Waals surface area contributed by atoms with Crippen LogP contribution in [0.5, 0.6) is 11.5 Å². The zero-order chi connectivity index (χ0) is 24.0. The maximum absolute atomic E-state index is 13.1. The third-order valence-corrected chi connectivity index (χ3v) is 5.57. The number of hydrogen-bond donors (Lipinski definition) is 1. The van der Waals surface area contributed by atoms with Crippen molar-refractivity contribution in [1.29, 1.82) is 0 Å². The van der Waals surface area contributed by atoms with Crippen molar-refractivity contribution in [2.24, 2.45) is 17.6 Å². The monoisotopic (exact) mass is 472 g/mol. The highest BCUT2D eigenvalue weighted by Crippen LogP contribution is 2.32. The van der Waals surface area contributed by atoms with Crippen LogP contribution in [0, 0.1) is 11.8 Å². The van der Waals surface area contributed by atoms with E-state index in [-0.39, 0.29) is 42.2 Å². The summed E-state index contributed by atoms with van der Waals surface area (Å²) in [5, 5.41) is 0. The van der Waals surface area contributed by atoms with Crippen LogP contribution in [0.15, 0.2) is 42.1 Å². The van der Waals surface area contributed by atoms with Gasteiger partial charge < -0.3 is 24.8 Å². The third-order valence-electron chi connectivity index (χ3n) is 5.31. The standard InChI is InChI=1S/C24H28N2O6S/c1-3-9-31-21-10-16(32-14-22(28)30-4-2)6-8-17(21)20(27)13-26-11-15-5-7-18(24(25)33)23(29)19(15)12-26/h5-8,10-11,18-19H,3-4,9,12-14H2,1-2H3,(H2,25,33). The first-order valence-electron chi connectivity index (χ1n) is 10.9. The van der Waals surface area contributed by atoms with E-state index in [1.54, 1.807) is 31.2 Å². The number of rotatable bonds is 11. The first-order valence-corrected chi connectivity index (χ1v) is 11.3. The van der Waals surface area contributed by atoms with E-state index in [2.05, 4.69) is 0 Å². The summed E-state index contributed by atoms with van der Waals surface area (Å²) in [7, 11) is 0. The molecule has 0 radical (unpaired) electrons. The van der Waals surface area contributed by atoms with Gasteiger partial charge in [0.25, 0.3) is 0 Å². The number of carbonyl (C=O) groups excluding carboxylic acids is 3. The number of allylic oxidation sites excluding steroid dienone is 1. The number of hydrogen-bond acceptors (Lipinski definition) is 8. The van der Waals surface area contributed by atoms with Crippen LogP contribution in [0.4, 0.5) is 0 Å². The molecule has 2 N–H and O–H groups in total. The van der Waals surface area contributed by atoms with Crippen molar-refractivity contribution in [2.45, 2.75) is 20.3 Å². The predicted octanol–water partition coefficient (Wildman–Crippen LogP) is 2.46. The van der Waals surface area contributed by atoms with Gasteiger partial charge in [-0.15, -0.1) is 0 Å². The molecule has 33 heavy (non-hydrogen) atoms. The largest absolute Gasteiger partial charge is 0.493 e. The van der Waals surface area contributed by atoms with E-state index in [4.69, 9.17) is 32.2 Å². The molecule has 0 fully saturated rings. The molecule has 1 heterocycles. The van der Waals surface area contributed by atoms with Gasteiger partial charge in [-0.05, 0) is 31.1 Å². The van der Waals surface area contributed by atoms with Crippen molar-refractivity contribution in [1.82, 2.24) is 4.90 Å². The summed E-state index contributed by atoms with van der Waals surface area (Å²) in [4.78, 5) is 39.3. The Morgan fingerprint density at radius 2 is 2.03 bits per heavy atom. The molecule has 1 aliphatic heterocycles. The number of carbonyl (C=O) groups is 3. The lowest BCUT2D eigenvalue weighted by Gasteiger charge is -2.22. The van der Waals surface area contributed by atoms with Crippen molar-refractivity contribution < 1.29 is 28.6 Å². The fraction of sp³-hybridized carbons (Fsp3) is 0.417. The number of thiocarbonyl (C=S) groups is 1. The van der Waals surface area contributed by atoms with E-state index in [0.717, 1.165) is 12.0 Å². The van der Waals surface area contributed by atoms with E-state index >= 15 is 0 Å². The van der Waals surface area contributed by atoms with Crippen LogP contribution in [-0.4, -0.2) is 60.3 Å². The number of benzene rings is 1. The molecule has 0 aromatic heterocycles. The number of fused-ring (bicyclic) bond motifs is 1. The first kappa shape index (κ1) is 24.4. The quantitative estimate of drug-likeness (QED) is 0.295. The van der Waals surface area contributed by atoms with Crippen LogP contribution in [0.3, 0.4) is 0 Å². The van der Waals surface area contributed by atoms with E-state index in [0.29, 0.717) is 30.2 Å². The van der Waals surface area contributed by atoms with Crippen LogP contribution in [0.1, 0.15) is 30.6 Å². The van der Waals surface area contributed by atoms with Crippen LogP contribution in [-0.2, 0) is 14.3 Å². The van der Waals surface area contributed by atoms with Crippen molar-refractivity contribution in [3.63, 3.8) is 0 Å². The Morgan fingerprint density at radius 1 is 1.24 bits per heavy atom. The Kier molecular flexibility index (Phi) is 8.21. The van der Waals surface area contributed by atoms with Crippen LogP contribution < -0.4 is 15.2 Å². The molecule has 0 saturated heterocycles. The van der Waals surface area contributed by atoms with Gasteiger partial charge in [-0.25, -0.2) is 4.79 Å². The highest BCUT2D eigenvalue weighted by molar-refractivity contribution is 7.80. The van der Waals surface area contributed by atoms with Gasteiger partial charge in [0.2, 0.25) is 0 Å². The normalized spacial score (nSPS) is 19.0. The first-order chi connectivity index (χ1) is 15.8.